The van der Waals surface area contributed by atoms with Crippen molar-refractivity contribution >= 4 is 10.8 Å². The highest BCUT2D eigenvalue weighted by atomic mass is 16.5. The number of aryl methyl sites for hydroxylation is 1. The predicted octanol–water partition coefficient (Wildman–Crippen LogP) is 11.0. The maximum absolute atomic E-state index is 6.66. The van der Waals surface area contributed by atoms with Crippen molar-refractivity contribution in [3.05, 3.63) is 156 Å². The van der Waals surface area contributed by atoms with Crippen LogP contribution in [-0.2, 0) is 5.41 Å². The highest BCUT2D eigenvalue weighted by Gasteiger charge is 2.45. The van der Waals surface area contributed by atoms with Crippen LogP contribution in [-0.4, -0.2) is 21.1 Å². The van der Waals surface area contributed by atoms with E-state index in [0.717, 1.165) is 52.8 Å². The minimum atomic E-state index is 0.0403. The molecule has 2 heterocycles. The molecule has 6 aromatic carbocycles. The molecule has 7 aromatic rings. The molecule has 238 valence electrons. The number of benzene rings is 6. The highest BCUT2D eigenvalue weighted by Crippen LogP contribution is 2.53. The zero-order valence-electron chi connectivity index (χ0n) is 27.8. The second-order valence-corrected chi connectivity index (χ2v) is 13.9. The Balaban J connectivity index is 1.04. The molecule has 0 radical (unpaired) electrons. The lowest BCUT2D eigenvalue weighted by Gasteiger charge is -2.40. The molecule has 0 saturated heterocycles. The van der Waals surface area contributed by atoms with Gasteiger partial charge in [0.25, 0.3) is 0 Å². The molecule has 1 saturated carbocycles. The Morgan fingerprint density at radius 1 is 0.612 bits per heavy atom. The van der Waals surface area contributed by atoms with Crippen molar-refractivity contribution in [2.75, 3.05) is 0 Å². The quantitative estimate of drug-likeness (QED) is 0.189. The van der Waals surface area contributed by atoms with Crippen LogP contribution in [0.15, 0.2) is 140 Å². The van der Waals surface area contributed by atoms with Crippen LogP contribution in [0, 0.1) is 6.92 Å². The fraction of sp³-hybridized carbons (Fsp3) is 0.178. The SMILES string of the molecule is Cc1cccc(-c2nc(-c3ccccc3)nc(-c3ccccc3-c3ccc(C4(C)CCC5c6c(ccc7ccccc67)OC5C4)cc3)n2)c1. The lowest BCUT2D eigenvalue weighted by atomic mass is 9.65. The van der Waals surface area contributed by atoms with Gasteiger partial charge in [-0.3, -0.25) is 0 Å². The summed E-state index contributed by atoms with van der Waals surface area (Å²) in [5.74, 6) is 3.53. The monoisotopic (exact) mass is 635 g/mol. The van der Waals surface area contributed by atoms with Crippen molar-refractivity contribution in [2.24, 2.45) is 0 Å². The normalized spacial score (nSPS) is 19.6. The van der Waals surface area contributed by atoms with Gasteiger partial charge in [-0.2, -0.15) is 0 Å². The van der Waals surface area contributed by atoms with E-state index in [4.69, 9.17) is 19.7 Å². The minimum Gasteiger partial charge on any atom is -0.489 e. The first-order valence-electron chi connectivity index (χ1n) is 17.3. The number of fused-ring (bicyclic) bond motifs is 5. The molecule has 0 N–H and O–H groups in total. The molecule has 1 fully saturated rings. The molecule has 0 amide bonds. The third-order valence-corrected chi connectivity index (χ3v) is 10.7. The molecule has 9 rings (SSSR count). The summed E-state index contributed by atoms with van der Waals surface area (Å²) in [5.41, 5.74) is 9.16. The largest absolute Gasteiger partial charge is 0.489 e. The van der Waals surface area contributed by atoms with E-state index in [1.807, 2.05) is 18.2 Å². The molecular weight excluding hydrogens is 599 g/mol. The lowest BCUT2D eigenvalue weighted by Crippen LogP contribution is -2.37. The van der Waals surface area contributed by atoms with E-state index < -0.39 is 0 Å². The van der Waals surface area contributed by atoms with Gasteiger partial charge in [0, 0.05) is 28.2 Å². The minimum absolute atomic E-state index is 0.0403. The number of hydrogen-bond acceptors (Lipinski definition) is 4. The van der Waals surface area contributed by atoms with E-state index >= 15 is 0 Å². The summed E-state index contributed by atoms with van der Waals surface area (Å²) in [4.78, 5) is 15.0. The van der Waals surface area contributed by atoms with Crippen molar-refractivity contribution in [3.8, 4) is 51.0 Å². The van der Waals surface area contributed by atoms with Crippen LogP contribution < -0.4 is 4.74 Å². The van der Waals surface area contributed by atoms with E-state index in [1.165, 1.54) is 27.5 Å². The maximum Gasteiger partial charge on any atom is 0.164 e. The van der Waals surface area contributed by atoms with Crippen LogP contribution in [0.4, 0.5) is 0 Å². The van der Waals surface area contributed by atoms with Gasteiger partial charge in [0.05, 0.1) is 0 Å². The summed E-state index contributed by atoms with van der Waals surface area (Å²) < 4.78 is 6.66. The van der Waals surface area contributed by atoms with Gasteiger partial charge in [0.1, 0.15) is 11.9 Å². The van der Waals surface area contributed by atoms with Gasteiger partial charge in [-0.1, -0.05) is 140 Å². The van der Waals surface area contributed by atoms with Crippen LogP contribution in [0.25, 0.3) is 56.1 Å². The van der Waals surface area contributed by atoms with Crippen molar-refractivity contribution < 1.29 is 4.74 Å². The molecule has 49 heavy (non-hydrogen) atoms. The second kappa shape index (κ2) is 11.8. The molecule has 1 aliphatic heterocycles. The Bertz CT molecular complexity index is 2330. The van der Waals surface area contributed by atoms with Gasteiger partial charge in [0.15, 0.2) is 17.5 Å². The van der Waals surface area contributed by atoms with Gasteiger partial charge in [-0.05, 0) is 71.2 Å². The number of rotatable bonds is 5. The maximum atomic E-state index is 6.66. The highest BCUT2D eigenvalue weighted by molar-refractivity contribution is 5.89. The molecule has 3 unspecified atom stereocenters. The summed E-state index contributed by atoms with van der Waals surface area (Å²) in [7, 11) is 0. The fourth-order valence-corrected chi connectivity index (χ4v) is 8.10. The first kappa shape index (κ1) is 29.5. The molecule has 4 nitrogen and oxygen atoms in total. The number of hydrogen-bond donors (Lipinski definition) is 0. The predicted molar refractivity (Wildman–Crippen MR) is 199 cm³/mol. The zero-order valence-corrected chi connectivity index (χ0v) is 27.8. The fourth-order valence-electron chi connectivity index (χ4n) is 8.10. The Morgan fingerprint density at radius 2 is 1.31 bits per heavy atom. The Hall–Kier alpha value is -5.61. The molecular formula is C45H37N3O. The molecule has 3 atom stereocenters. The van der Waals surface area contributed by atoms with E-state index in [0.29, 0.717) is 23.4 Å². The van der Waals surface area contributed by atoms with Gasteiger partial charge in [-0.25, -0.2) is 15.0 Å². The van der Waals surface area contributed by atoms with Crippen LogP contribution in [0.2, 0.25) is 0 Å². The summed E-state index contributed by atoms with van der Waals surface area (Å²) in [5, 5.41) is 2.65. The molecule has 2 aliphatic rings. The number of nitrogens with zero attached hydrogens (tertiary/aromatic N) is 3. The first-order chi connectivity index (χ1) is 24.0. The van der Waals surface area contributed by atoms with Crippen molar-refractivity contribution in [3.63, 3.8) is 0 Å². The van der Waals surface area contributed by atoms with E-state index in [2.05, 4.69) is 135 Å². The van der Waals surface area contributed by atoms with Crippen LogP contribution in [0.5, 0.6) is 5.75 Å². The molecule has 1 aliphatic carbocycles. The summed E-state index contributed by atoms with van der Waals surface area (Å²) in [6.45, 7) is 4.51. The third-order valence-electron chi connectivity index (χ3n) is 10.7. The second-order valence-electron chi connectivity index (χ2n) is 13.9. The van der Waals surface area contributed by atoms with Crippen molar-refractivity contribution in [1.82, 2.24) is 15.0 Å². The standard InChI is InChI=1S/C45H37N3O/c1-29-11-10-15-33(27-29)43-46-42(32-13-4-3-5-14-32)47-44(48-43)37-18-9-8-16-35(37)31-19-22-34(23-20-31)45(2)26-25-38-40(28-45)49-39-24-21-30-12-6-7-17-36(30)41(38)39/h3-24,27,38,40H,25-26,28H2,1-2H3. The number of aromatic nitrogens is 3. The summed E-state index contributed by atoms with van der Waals surface area (Å²) in [6.07, 6.45) is 3.46. The van der Waals surface area contributed by atoms with Crippen molar-refractivity contribution in [1.29, 1.82) is 0 Å². The van der Waals surface area contributed by atoms with Gasteiger partial charge in [-0.15, -0.1) is 0 Å². The average molecular weight is 636 g/mol. The lowest BCUT2D eigenvalue weighted by molar-refractivity contribution is 0.118. The smallest absolute Gasteiger partial charge is 0.164 e. The van der Waals surface area contributed by atoms with Crippen LogP contribution >= 0.6 is 0 Å². The molecule has 0 spiro atoms. The van der Waals surface area contributed by atoms with E-state index in [1.54, 1.807) is 0 Å². The van der Waals surface area contributed by atoms with Gasteiger partial charge < -0.3 is 4.74 Å². The van der Waals surface area contributed by atoms with Gasteiger partial charge >= 0.3 is 0 Å². The van der Waals surface area contributed by atoms with Crippen molar-refractivity contribution in [2.45, 2.75) is 50.5 Å². The average Bonchev–Trinajstić information content (AvgIpc) is 3.53. The topological polar surface area (TPSA) is 47.9 Å². The van der Waals surface area contributed by atoms with Crippen LogP contribution in [0.1, 0.15) is 48.8 Å². The Labute approximate surface area is 287 Å². The van der Waals surface area contributed by atoms with Crippen LogP contribution in [0.3, 0.4) is 0 Å². The van der Waals surface area contributed by atoms with Gasteiger partial charge in [0.2, 0.25) is 0 Å². The molecule has 0 bridgehead atoms. The first-order valence-corrected chi connectivity index (χ1v) is 17.3. The van der Waals surface area contributed by atoms with E-state index in [9.17, 15) is 0 Å². The van der Waals surface area contributed by atoms with E-state index in [-0.39, 0.29) is 11.5 Å². The summed E-state index contributed by atoms with van der Waals surface area (Å²) >= 11 is 0. The Kier molecular flexibility index (Phi) is 7.12. The Morgan fingerprint density at radius 3 is 2.12 bits per heavy atom. The number of ether oxygens (including phenoxy) is 1. The summed E-state index contributed by atoms with van der Waals surface area (Å²) in [6, 6.07) is 49.2. The zero-order chi connectivity index (χ0) is 33.0. The molecule has 1 aromatic heterocycles. The third kappa shape index (κ3) is 5.28. The molecule has 4 heteroatoms.